The Morgan fingerprint density at radius 2 is 2.31 bits per heavy atom. The van der Waals surface area contributed by atoms with Crippen LogP contribution in [-0.2, 0) is 9.53 Å². The normalized spacial score (nSPS) is 11.0. The van der Waals surface area contributed by atoms with Gasteiger partial charge >= 0.3 is 5.97 Å². The van der Waals surface area contributed by atoms with Crippen LogP contribution in [0.5, 0.6) is 0 Å². The minimum Gasteiger partial charge on any atom is -0.466 e. The first-order chi connectivity index (χ1) is 7.54. The average molecular weight is 222 g/mol. The summed E-state index contributed by atoms with van der Waals surface area (Å²) in [6, 6.07) is 2.57. The molecule has 6 nitrogen and oxygen atoms in total. The number of rotatable bonds is 3. The van der Waals surface area contributed by atoms with E-state index in [0.29, 0.717) is 11.3 Å². The summed E-state index contributed by atoms with van der Waals surface area (Å²) in [5.74, 6) is -0.492. The molecule has 0 radical (unpaired) electrons. The van der Waals surface area contributed by atoms with Gasteiger partial charge in [0, 0.05) is 23.9 Å². The zero-order valence-corrected chi connectivity index (χ0v) is 8.84. The summed E-state index contributed by atoms with van der Waals surface area (Å²) in [5.41, 5.74) is 0.603. The molecule has 0 N–H and O–H groups in total. The number of nitro groups is 1. The van der Waals surface area contributed by atoms with Gasteiger partial charge in [0.1, 0.15) is 0 Å². The monoisotopic (exact) mass is 222 g/mol. The number of ether oxygens (including phenoxy) is 1. The molecular weight excluding hydrogens is 212 g/mol. The van der Waals surface area contributed by atoms with E-state index in [1.165, 1.54) is 31.5 Å². The molecule has 0 unspecified atom stereocenters. The highest BCUT2D eigenvalue weighted by Gasteiger charge is 2.07. The molecular formula is C10H10N2O4. The Hall–Kier alpha value is -2.24. The number of pyridine rings is 1. The Morgan fingerprint density at radius 1 is 1.62 bits per heavy atom. The molecule has 0 amide bonds. The van der Waals surface area contributed by atoms with E-state index in [1.54, 1.807) is 6.92 Å². The zero-order chi connectivity index (χ0) is 12.1. The number of hydrogen-bond acceptors (Lipinski definition) is 5. The average Bonchev–Trinajstić information content (AvgIpc) is 2.28. The molecule has 0 bridgehead atoms. The van der Waals surface area contributed by atoms with E-state index in [2.05, 4.69) is 9.72 Å². The van der Waals surface area contributed by atoms with Crippen molar-refractivity contribution in [1.29, 1.82) is 0 Å². The summed E-state index contributed by atoms with van der Waals surface area (Å²) < 4.78 is 4.49. The Bertz CT molecular complexity index is 454. The van der Waals surface area contributed by atoms with E-state index in [4.69, 9.17) is 0 Å². The van der Waals surface area contributed by atoms with Gasteiger partial charge in [0.25, 0.3) is 5.69 Å². The lowest BCUT2D eigenvalue weighted by molar-refractivity contribution is -0.384. The maximum atomic E-state index is 11.1. The zero-order valence-electron chi connectivity index (χ0n) is 8.84. The van der Waals surface area contributed by atoms with Crippen molar-refractivity contribution in [2.75, 3.05) is 7.11 Å². The fourth-order valence-electron chi connectivity index (χ4n) is 1.07. The van der Waals surface area contributed by atoms with Crippen molar-refractivity contribution in [3.63, 3.8) is 0 Å². The Morgan fingerprint density at radius 3 is 2.88 bits per heavy atom. The minimum atomic E-state index is -0.521. The third-order valence-corrected chi connectivity index (χ3v) is 1.85. The lowest BCUT2D eigenvalue weighted by Gasteiger charge is -1.98. The van der Waals surface area contributed by atoms with Crippen LogP contribution < -0.4 is 0 Å². The molecule has 16 heavy (non-hydrogen) atoms. The van der Waals surface area contributed by atoms with Crippen LogP contribution in [0.2, 0.25) is 0 Å². The van der Waals surface area contributed by atoms with Gasteiger partial charge in [0.05, 0.1) is 17.7 Å². The summed E-state index contributed by atoms with van der Waals surface area (Å²) in [6.45, 7) is 1.55. The third-order valence-electron chi connectivity index (χ3n) is 1.85. The summed E-state index contributed by atoms with van der Waals surface area (Å²) in [7, 11) is 1.26. The largest absolute Gasteiger partial charge is 0.466 e. The third kappa shape index (κ3) is 2.88. The number of hydrogen-bond donors (Lipinski definition) is 0. The van der Waals surface area contributed by atoms with E-state index in [9.17, 15) is 14.9 Å². The maximum absolute atomic E-state index is 11.1. The lowest BCUT2D eigenvalue weighted by Crippen LogP contribution is -2.01. The summed E-state index contributed by atoms with van der Waals surface area (Å²) >= 11 is 0. The molecule has 0 spiro atoms. The van der Waals surface area contributed by atoms with Gasteiger partial charge in [-0.1, -0.05) is 0 Å². The first kappa shape index (κ1) is 11.8. The SMILES string of the molecule is COC(=O)C(C)=Cc1cc([N+](=O)[O-])ccn1. The van der Waals surface area contributed by atoms with Crippen molar-refractivity contribution in [3.05, 3.63) is 39.7 Å². The van der Waals surface area contributed by atoms with Crippen LogP contribution in [-0.4, -0.2) is 23.0 Å². The van der Waals surface area contributed by atoms with E-state index in [0.717, 1.165) is 0 Å². The number of methoxy groups -OCH3 is 1. The molecule has 0 aliphatic heterocycles. The van der Waals surface area contributed by atoms with Crippen LogP contribution in [0.4, 0.5) is 5.69 Å². The van der Waals surface area contributed by atoms with Gasteiger partial charge in [0.2, 0.25) is 0 Å². The smallest absolute Gasteiger partial charge is 0.333 e. The maximum Gasteiger partial charge on any atom is 0.333 e. The molecule has 1 rings (SSSR count). The van der Waals surface area contributed by atoms with Crippen molar-refractivity contribution in [2.45, 2.75) is 6.92 Å². The van der Waals surface area contributed by atoms with Crippen molar-refractivity contribution in [1.82, 2.24) is 4.98 Å². The Kier molecular flexibility index (Phi) is 3.71. The highest BCUT2D eigenvalue weighted by Crippen LogP contribution is 2.13. The molecule has 1 heterocycles. The molecule has 0 saturated heterocycles. The minimum absolute atomic E-state index is 0.0704. The van der Waals surface area contributed by atoms with E-state index < -0.39 is 10.9 Å². The van der Waals surface area contributed by atoms with Gasteiger partial charge in [-0.2, -0.15) is 0 Å². The molecule has 0 aliphatic rings. The van der Waals surface area contributed by atoms with Crippen LogP contribution in [0.3, 0.4) is 0 Å². The van der Waals surface area contributed by atoms with Gasteiger partial charge < -0.3 is 4.74 Å². The van der Waals surface area contributed by atoms with Crippen molar-refractivity contribution >= 4 is 17.7 Å². The van der Waals surface area contributed by atoms with E-state index >= 15 is 0 Å². The summed E-state index contributed by atoms with van der Waals surface area (Å²) in [6.07, 6.45) is 2.74. The van der Waals surface area contributed by atoms with Crippen LogP contribution in [0.25, 0.3) is 6.08 Å². The number of carbonyl (C=O) groups excluding carboxylic acids is 1. The number of esters is 1. The van der Waals surface area contributed by atoms with Gasteiger partial charge in [-0.3, -0.25) is 15.1 Å². The van der Waals surface area contributed by atoms with E-state index in [-0.39, 0.29) is 5.69 Å². The predicted molar refractivity (Wildman–Crippen MR) is 56.6 cm³/mol. The van der Waals surface area contributed by atoms with E-state index in [1.807, 2.05) is 0 Å². The first-order valence-electron chi connectivity index (χ1n) is 4.41. The second-order valence-corrected chi connectivity index (χ2v) is 3.01. The van der Waals surface area contributed by atoms with Gasteiger partial charge in [-0.05, 0) is 13.0 Å². The van der Waals surface area contributed by atoms with Gasteiger partial charge in [-0.15, -0.1) is 0 Å². The Labute approximate surface area is 91.7 Å². The molecule has 0 fully saturated rings. The molecule has 1 aromatic rings. The second kappa shape index (κ2) is 5.01. The number of nitrogens with zero attached hydrogens (tertiary/aromatic N) is 2. The molecule has 6 heteroatoms. The Balaban J connectivity index is 3.02. The fourth-order valence-corrected chi connectivity index (χ4v) is 1.07. The lowest BCUT2D eigenvalue weighted by atomic mass is 10.2. The van der Waals surface area contributed by atoms with Crippen LogP contribution in [0.15, 0.2) is 23.9 Å². The number of aromatic nitrogens is 1. The number of carbonyl (C=O) groups is 1. The first-order valence-corrected chi connectivity index (χ1v) is 4.41. The molecule has 1 aromatic heterocycles. The molecule has 84 valence electrons. The fraction of sp³-hybridized carbons (Fsp3) is 0.200. The van der Waals surface area contributed by atoms with Crippen molar-refractivity contribution < 1.29 is 14.5 Å². The summed E-state index contributed by atoms with van der Waals surface area (Å²) in [4.78, 5) is 24.9. The predicted octanol–water partition coefficient (Wildman–Crippen LogP) is 1.57. The highest BCUT2D eigenvalue weighted by atomic mass is 16.6. The molecule has 0 aliphatic carbocycles. The molecule has 0 atom stereocenters. The van der Waals surface area contributed by atoms with Crippen LogP contribution in [0.1, 0.15) is 12.6 Å². The van der Waals surface area contributed by atoms with Crippen LogP contribution >= 0.6 is 0 Å². The highest BCUT2D eigenvalue weighted by molar-refractivity contribution is 5.92. The van der Waals surface area contributed by atoms with Gasteiger partial charge in [-0.25, -0.2) is 4.79 Å². The van der Waals surface area contributed by atoms with Gasteiger partial charge in [0.15, 0.2) is 0 Å². The standard InChI is InChI=1S/C10H10N2O4/c1-7(10(13)16-2)5-8-6-9(12(14)15)3-4-11-8/h3-6H,1-2H3. The molecule has 0 saturated carbocycles. The second-order valence-electron chi connectivity index (χ2n) is 3.01. The van der Waals surface area contributed by atoms with Crippen molar-refractivity contribution in [3.8, 4) is 0 Å². The quantitative estimate of drug-likeness (QED) is 0.335. The van der Waals surface area contributed by atoms with Crippen molar-refractivity contribution in [2.24, 2.45) is 0 Å². The molecule has 0 aromatic carbocycles. The topological polar surface area (TPSA) is 82.3 Å². The summed E-state index contributed by atoms with van der Waals surface area (Å²) in [5, 5.41) is 10.5. The van der Waals surface area contributed by atoms with Crippen LogP contribution in [0, 0.1) is 10.1 Å².